The molecular formula is C22H23F4N7O3S. The Morgan fingerprint density at radius 1 is 1.22 bits per heavy atom. The van der Waals surface area contributed by atoms with Crippen LogP contribution < -0.4 is 15.4 Å². The number of ether oxygens (including phenoxy) is 1. The van der Waals surface area contributed by atoms with E-state index >= 15 is 0 Å². The Hall–Kier alpha value is -3.62. The summed E-state index contributed by atoms with van der Waals surface area (Å²) in [4.78, 5) is 24.3. The van der Waals surface area contributed by atoms with E-state index in [0.29, 0.717) is 23.0 Å². The van der Waals surface area contributed by atoms with Gasteiger partial charge in [-0.25, -0.2) is 9.07 Å². The van der Waals surface area contributed by atoms with Crippen molar-refractivity contribution in [1.29, 1.82) is 0 Å². The third-order valence-corrected chi connectivity index (χ3v) is 6.18. The minimum absolute atomic E-state index is 0.0809. The van der Waals surface area contributed by atoms with Crippen molar-refractivity contribution >= 4 is 28.3 Å². The molecule has 4 rings (SSSR count). The van der Waals surface area contributed by atoms with E-state index in [1.54, 1.807) is 0 Å². The number of carbonyl (C=O) groups is 2. The number of aryl methyl sites for hydroxylation is 1. The molecule has 1 unspecified atom stereocenters. The van der Waals surface area contributed by atoms with E-state index in [-0.39, 0.29) is 42.5 Å². The zero-order chi connectivity index (χ0) is 26.4. The van der Waals surface area contributed by atoms with Crippen molar-refractivity contribution in [1.82, 2.24) is 30.5 Å². The highest BCUT2D eigenvalue weighted by Crippen LogP contribution is 2.27. The average Bonchev–Trinajstić information content (AvgIpc) is 3.35. The number of benzene rings is 1. The van der Waals surface area contributed by atoms with Gasteiger partial charge in [-0.1, -0.05) is 28.7 Å². The van der Waals surface area contributed by atoms with Gasteiger partial charge in [0.1, 0.15) is 16.9 Å². The van der Waals surface area contributed by atoms with Crippen LogP contribution in [0, 0.1) is 5.92 Å². The van der Waals surface area contributed by atoms with E-state index in [1.807, 2.05) is 0 Å². The van der Waals surface area contributed by atoms with Crippen molar-refractivity contribution in [3.8, 4) is 5.75 Å². The number of hydrogen-bond donors (Lipinski definition) is 2. The lowest BCUT2D eigenvalue weighted by atomic mass is 10.1. The van der Waals surface area contributed by atoms with Crippen molar-refractivity contribution < 1.29 is 31.9 Å². The molecule has 15 heteroatoms. The van der Waals surface area contributed by atoms with Crippen LogP contribution in [0.5, 0.6) is 5.75 Å². The van der Waals surface area contributed by atoms with Crippen LogP contribution in [0.4, 0.5) is 22.7 Å². The highest BCUT2D eigenvalue weighted by atomic mass is 32.1. The molecule has 2 aromatic heterocycles. The first-order valence-corrected chi connectivity index (χ1v) is 12.2. The normalized spacial score (nSPS) is 14.3. The highest BCUT2D eigenvalue weighted by molar-refractivity contribution is 7.15. The number of amides is 2. The Morgan fingerprint density at radius 2 is 2.03 bits per heavy atom. The molecule has 1 aliphatic rings. The summed E-state index contributed by atoms with van der Waals surface area (Å²) in [6.45, 7) is 0.522. The predicted molar refractivity (Wildman–Crippen MR) is 124 cm³/mol. The van der Waals surface area contributed by atoms with Crippen LogP contribution in [-0.4, -0.2) is 56.1 Å². The molecule has 1 aromatic carbocycles. The quantitative estimate of drug-likeness (QED) is 0.337. The predicted octanol–water partition coefficient (Wildman–Crippen LogP) is 3.32. The summed E-state index contributed by atoms with van der Waals surface area (Å²) in [5.41, 5.74) is 0.456. The van der Waals surface area contributed by atoms with Crippen LogP contribution in [0.2, 0.25) is 0 Å². The standard InChI is InChI=1S/C22H23F4N7O3S/c23-15(11-33-12-17(29-32-33)20(35)27-10-13-4-5-13)6-7-19-30-31-21(37-19)28-18(34)9-14-2-1-3-16(8-14)36-22(24,25)26/h1-3,8,12-13,15H,4-7,9-11H2,(H,27,35)(H,28,31,34). The summed E-state index contributed by atoms with van der Waals surface area (Å²) in [5, 5.41) is 21.4. The number of halogens is 4. The maximum Gasteiger partial charge on any atom is 0.573 e. The van der Waals surface area contributed by atoms with E-state index in [9.17, 15) is 27.2 Å². The molecule has 0 aliphatic heterocycles. The van der Waals surface area contributed by atoms with Crippen molar-refractivity contribution in [3.63, 3.8) is 0 Å². The lowest BCUT2D eigenvalue weighted by molar-refractivity contribution is -0.274. The van der Waals surface area contributed by atoms with Gasteiger partial charge in [0.25, 0.3) is 5.91 Å². The fourth-order valence-electron chi connectivity index (χ4n) is 3.32. The van der Waals surface area contributed by atoms with E-state index < -0.39 is 24.2 Å². The summed E-state index contributed by atoms with van der Waals surface area (Å²) in [5.74, 6) is -0.726. The second-order valence-corrected chi connectivity index (χ2v) is 9.60. The minimum Gasteiger partial charge on any atom is -0.406 e. The van der Waals surface area contributed by atoms with Gasteiger partial charge in [0.05, 0.1) is 19.2 Å². The van der Waals surface area contributed by atoms with E-state index in [0.717, 1.165) is 36.3 Å². The summed E-state index contributed by atoms with van der Waals surface area (Å²) in [7, 11) is 0. The maximum absolute atomic E-state index is 14.5. The first kappa shape index (κ1) is 26.4. The molecule has 1 saturated carbocycles. The van der Waals surface area contributed by atoms with Crippen LogP contribution in [0.25, 0.3) is 0 Å². The van der Waals surface area contributed by atoms with Crippen molar-refractivity contribution in [2.45, 2.75) is 51.2 Å². The van der Waals surface area contributed by atoms with Crippen molar-refractivity contribution in [2.75, 3.05) is 11.9 Å². The van der Waals surface area contributed by atoms with Gasteiger partial charge in [-0.2, -0.15) is 0 Å². The van der Waals surface area contributed by atoms with Gasteiger partial charge >= 0.3 is 6.36 Å². The summed E-state index contributed by atoms with van der Waals surface area (Å²) < 4.78 is 56.7. The SMILES string of the molecule is O=C(Cc1cccc(OC(F)(F)F)c1)Nc1nnc(CCC(F)Cn2cc(C(=O)NCC3CC3)nn2)s1. The van der Waals surface area contributed by atoms with Crippen molar-refractivity contribution in [2.24, 2.45) is 5.92 Å². The Labute approximate surface area is 212 Å². The molecule has 198 valence electrons. The zero-order valence-corrected chi connectivity index (χ0v) is 20.2. The molecule has 1 atom stereocenters. The number of alkyl halides is 4. The van der Waals surface area contributed by atoms with Gasteiger partial charge in [-0.3, -0.25) is 9.59 Å². The van der Waals surface area contributed by atoms with Crippen LogP contribution in [0.3, 0.4) is 0 Å². The Morgan fingerprint density at radius 3 is 2.78 bits per heavy atom. The molecule has 0 radical (unpaired) electrons. The molecule has 2 amide bonds. The van der Waals surface area contributed by atoms with Gasteiger partial charge < -0.3 is 15.4 Å². The van der Waals surface area contributed by atoms with Gasteiger partial charge in [0.15, 0.2) is 5.69 Å². The molecule has 0 saturated heterocycles. The molecular weight excluding hydrogens is 518 g/mol. The molecule has 1 aliphatic carbocycles. The molecule has 0 bridgehead atoms. The van der Waals surface area contributed by atoms with Crippen LogP contribution in [0.1, 0.15) is 40.3 Å². The summed E-state index contributed by atoms with van der Waals surface area (Å²) in [6, 6.07) is 5.11. The third-order valence-electron chi connectivity index (χ3n) is 5.29. The number of aromatic nitrogens is 5. The molecule has 2 N–H and O–H groups in total. The maximum atomic E-state index is 14.5. The summed E-state index contributed by atoms with van der Waals surface area (Å²) in [6.07, 6.45) is -2.32. The zero-order valence-electron chi connectivity index (χ0n) is 19.4. The number of anilines is 1. The monoisotopic (exact) mass is 541 g/mol. The lowest BCUT2D eigenvalue weighted by Gasteiger charge is -2.09. The van der Waals surface area contributed by atoms with Gasteiger partial charge in [0.2, 0.25) is 11.0 Å². The average molecular weight is 542 g/mol. The smallest absolute Gasteiger partial charge is 0.406 e. The fourth-order valence-corrected chi connectivity index (χ4v) is 4.09. The van der Waals surface area contributed by atoms with Crippen molar-refractivity contribution in [3.05, 3.63) is 46.7 Å². The Kier molecular flexibility index (Phi) is 8.31. The first-order chi connectivity index (χ1) is 17.6. The van der Waals surface area contributed by atoms with E-state index in [2.05, 4.69) is 35.9 Å². The number of rotatable bonds is 12. The fraction of sp³-hybridized carbons (Fsp3) is 0.455. The number of carbonyl (C=O) groups excluding carboxylic acids is 2. The third kappa shape index (κ3) is 8.77. The molecule has 0 spiro atoms. The highest BCUT2D eigenvalue weighted by Gasteiger charge is 2.31. The second kappa shape index (κ2) is 11.6. The topological polar surface area (TPSA) is 124 Å². The minimum atomic E-state index is -4.83. The number of hydrogen-bond acceptors (Lipinski definition) is 8. The number of nitrogens with zero attached hydrogens (tertiary/aromatic N) is 5. The van der Waals surface area contributed by atoms with E-state index in [4.69, 9.17) is 0 Å². The van der Waals surface area contributed by atoms with Gasteiger partial charge in [-0.05, 0) is 42.9 Å². The largest absolute Gasteiger partial charge is 0.573 e. The van der Waals surface area contributed by atoms with Gasteiger partial charge in [-0.15, -0.1) is 28.5 Å². The lowest BCUT2D eigenvalue weighted by Crippen LogP contribution is -2.25. The van der Waals surface area contributed by atoms with Crippen LogP contribution >= 0.6 is 11.3 Å². The van der Waals surface area contributed by atoms with Gasteiger partial charge in [0, 0.05) is 13.0 Å². The van der Waals surface area contributed by atoms with Crippen LogP contribution in [-0.2, 0) is 24.2 Å². The number of nitrogens with one attached hydrogen (secondary N) is 2. The Bertz CT molecular complexity index is 1230. The second-order valence-electron chi connectivity index (χ2n) is 8.54. The summed E-state index contributed by atoms with van der Waals surface area (Å²) >= 11 is 1.07. The molecule has 37 heavy (non-hydrogen) atoms. The molecule has 2 heterocycles. The van der Waals surface area contributed by atoms with Crippen LogP contribution in [0.15, 0.2) is 30.5 Å². The molecule has 10 nitrogen and oxygen atoms in total. The van der Waals surface area contributed by atoms with E-state index in [1.165, 1.54) is 23.0 Å². The Balaban J connectivity index is 1.20. The first-order valence-electron chi connectivity index (χ1n) is 11.4. The molecule has 1 fully saturated rings. The molecule has 3 aromatic rings.